The standard InChI is InChI=1S/C14H19N/c1-12(13-5-3-2-4-6-13)15-10-9-14(11-15)7-8-14/h2-6,12H,7-11H2,1H3/t12-/m0/s1. The minimum atomic E-state index is 0.603. The number of benzene rings is 1. The summed E-state index contributed by atoms with van der Waals surface area (Å²) < 4.78 is 0. The van der Waals surface area contributed by atoms with Gasteiger partial charge < -0.3 is 0 Å². The summed E-state index contributed by atoms with van der Waals surface area (Å²) in [5.41, 5.74) is 2.22. The topological polar surface area (TPSA) is 3.24 Å². The summed E-state index contributed by atoms with van der Waals surface area (Å²) in [5, 5.41) is 0. The minimum Gasteiger partial charge on any atom is -0.296 e. The Morgan fingerprint density at radius 3 is 2.47 bits per heavy atom. The van der Waals surface area contributed by atoms with Crippen molar-refractivity contribution in [1.29, 1.82) is 0 Å². The number of nitrogens with zero attached hydrogens (tertiary/aromatic N) is 1. The Hall–Kier alpha value is -0.820. The maximum atomic E-state index is 2.66. The molecular formula is C14H19N. The van der Waals surface area contributed by atoms with Crippen LogP contribution in [0, 0.1) is 5.41 Å². The Morgan fingerprint density at radius 2 is 1.87 bits per heavy atom. The minimum absolute atomic E-state index is 0.603. The van der Waals surface area contributed by atoms with Crippen molar-refractivity contribution in [1.82, 2.24) is 4.90 Å². The van der Waals surface area contributed by atoms with Gasteiger partial charge in [0.1, 0.15) is 0 Å². The molecule has 0 bridgehead atoms. The van der Waals surface area contributed by atoms with Crippen molar-refractivity contribution in [3.05, 3.63) is 35.9 Å². The zero-order valence-electron chi connectivity index (χ0n) is 9.45. The molecule has 2 aliphatic rings. The Bertz CT molecular complexity index is 340. The third-order valence-electron chi connectivity index (χ3n) is 4.25. The van der Waals surface area contributed by atoms with Crippen molar-refractivity contribution in [2.45, 2.75) is 32.2 Å². The zero-order valence-corrected chi connectivity index (χ0v) is 9.45. The summed E-state index contributed by atoms with van der Waals surface area (Å²) in [4.78, 5) is 2.66. The van der Waals surface area contributed by atoms with E-state index in [4.69, 9.17) is 0 Å². The lowest BCUT2D eigenvalue weighted by atomic mass is 10.1. The molecule has 1 saturated heterocycles. The highest BCUT2D eigenvalue weighted by Gasteiger charge is 2.48. The second-order valence-corrected chi connectivity index (χ2v) is 5.31. The largest absolute Gasteiger partial charge is 0.296 e. The Kier molecular flexibility index (Phi) is 2.10. The number of hydrogen-bond acceptors (Lipinski definition) is 1. The van der Waals surface area contributed by atoms with Gasteiger partial charge in [-0.1, -0.05) is 30.3 Å². The highest BCUT2D eigenvalue weighted by Crippen LogP contribution is 2.53. The predicted molar refractivity (Wildman–Crippen MR) is 62.7 cm³/mol. The van der Waals surface area contributed by atoms with E-state index in [-0.39, 0.29) is 0 Å². The molecule has 1 aromatic rings. The molecule has 0 amide bonds. The molecule has 2 fully saturated rings. The van der Waals surface area contributed by atoms with Gasteiger partial charge in [0.2, 0.25) is 0 Å². The zero-order chi connectivity index (χ0) is 10.3. The van der Waals surface area contributed by atoms with Crippen molar-refractivity contribution in [2.24, 2.45) is 5.41 Å². The van der Waals surface area contributed by atoms with E-state index in [2.05, 4.69) is 42.2 Å². The maximum Gasteiger partial charge on any atom is 0.0320 e. The van der Waals surface area contributed by atoms with Crippen LogP contribution in [0.5, 0.6) is 0 Å². The fraction of sp³-hybridized carbons (Fsp3) is 0.571. The number of likely N-dealkylation sites (tertiary alicyclic amines) is 1. The van der Waals surface area contributed by atoms with E-state index >= 15 is 0 Å². The molecular weight excluding hydrogens is 182 g/mol. The van der Waals surface area contributed by atoms with E-state index in [1.807, 2.05) is 0 Å². The van der Waals surface area contributed by atoms with E-state index in [9.17, 15) is 0 Å². The Labute approximate surface area is 92.1 Å². The van der Waals surface area contributed by atoms with E-state index < -0.39 is 0 Å². The lowest BCUT2D eigenvalue weighted by Gasteiger charge is -2.24. The molecule has 0 aromatic heterocycles. The summed E-state index contributed by atoms with van der Waals surface area (Å²) >= 11 is 0. The molecule has 1 spiro atoms. The molecule has 1 saturated carbocycles. The van der Waals surface area contributed by atoms with Gasteiger partial charge in [-0.05, 0) is 43.7 Å². The fourth-order valence-electron chi connectivity index (χ4n) is 2.83. The van der Waals surface area contributed by atoms with E-state index in [1.54, 1.807) is 0 Å². The van der Waals surface area contributed by atoms with Crippen LogP contribution < -0.4 is 0 Å². The molecule has 1 heteroatoms. The first-order valence-electron chi connectivity index (χ1n) is 6.08. The van der Waals surface area contributed by atoms with E-state index in [1.165, 1.54) is 37.9 Å². The summed E-state index contributed by atoms with van der Waals surface area (Å²) in [7, 11) is 0. The highest BCUT2D eigenvalue weighted by atomic mass is 15.2. The predicted octanol–water partition coefficient (Wildman–Crippen LogP) is 3.23. The second kappa shape index (κ2) is 3.34. The van der Waals surface area contributed by atoms with Crippen LogP contribution in [0.3, 0.4) is 0 Å². The van der Waals surface area contributed by atoms with Crippen LogP contribution in [0.2, 0.25) is 0 Å². The van der Waals surface area contributed by atoms with E-state index in [0.717, 1.165) is 5.41 Å². The first-order chi connectivity index (χ1) is 7.29. The molecule has 1 atom stereocenters. The van der Waals surface area contributed by atoms with Gasteiger partial charge in [0.25, 0.3) is 0 Å². The molecule has 1 nitrogen and oxygen atoms in total. The van der Waals surface area contributed by atoms with Crippen LogP contribution in [0.1, 0.15) is 37.8 Å². The monoisotopic (exact) mass is 201 g/mol. The SMILES string of the molecule is C[C@@H](c1ccccc1)N1CCC2(CC2)C1. The normalized spacial score (nSPS) is 25.7. The van der Waals surface area contributed by atoms with Gasteiger partial charge in [-0.25, -0.2) is 0 Å². The summed E-state index contributed by atoms with van der Waals surface area (Å²) in [6.45, 7) is 4.98. The summed E-state index contributed by atoms with van der Waals surface area (Å²) in [6.07, 6.45) is 4.39. The van der Waals surface area contributed by atoms with Crippen molar-refractivity contribution >= 4 is 0 Å². The Balaban J connectivity index is 1.73. The van der Waals surface area contributed by atoms with Gasteiger partial charge in [0, 0.05) is 12.6 Å². The molecule has 80 valence electrons. The van der Waals surface area contributed by atoms with Crippen LogP contribution in [-0.2, 0) is 0 Å². The van der Waals surface area contributed by atoms with Crippen molar-refractivity contribution in [2.75, 3.05) is 13.1 Å². The molecule has 1 aliphatic carbocycles. The quantitative estimate of drug-likeness (QED) is 0.710. The third-order valence-corrected chi connectivity index (χ3v) is 4.25. The second-order valence-electron chi connectivity index (χ2n) is 5.31. The average molecular weight is 201 g/mol. The van der Waals surface area contributed by atoms with Crippen LogP contribution in [-0.4, -0.2) is 18.0 Å². The molecule has 0 radical (unpaired) electrons. The van der Waals surface area contributed by atoms with Gasteiger partial charge in [0.05, 0.1) is 0 Å². The summed E-state index contributed by atoms with van der Waals surface area (Å²) in [5.74, 6) is 0. The van der Waals surface area contributed by atoms with Gasteiger partial charge in [-0.3, -0.25) is 4.90 Å². The molecule has 1 aromatic carbocycles. The molecule has 0 unspecified atom stereocenters. The first kappa shape index (κ1) is 9.41. The highest BCUT2D eigenvalue weighted by molar-refractivity contribution is 5.19. The maximum absolute atomic E-state index is 2.66. The lowest BCUT2D eigenvalue weighted by Crippen LogP contribution is -2.24. The van der Waals surface area contributed by atoms with Crippen LogP contribution in [0.25, 0.3) is 0 Å². The fourth-order valence-corrected chi connectivity index (χ4v) is 2.83. The van der Waals surface area contributed by atoms with Crippen LogP contribution >= 0.6 is 0 Å². The lowest BCUT2D eigenvalue weighted by molar-refractivity contribution is 0.249. The smallest absolute Gasteiger partial charge is 0.0320 e. The number of hydrogen-bond donors (Lipinski definition) is 0. The summed E-state index contributed by atoms with van der Waals surface area (Å²) in [6, 6.07) is 11.5. The Morgan fingerprint density at radius 1 is 1.13 bits per heavy atom. The van der Waals surface area contributed by atoms with Gasteiger partial charge in [-0.2, -0.15) is 0 Å². The van der Waals surface area contributed by atoms with Crippen molar-refractivity contribution in [3.8, 4) is 0 Å². The van der Waals surface area contributed by atoms with Crippen molar-refractivity contribution in [3.63, 3.8) is 0 Å². The third kappa shape index (κ3) is 1.69. The van der Waals surface area contributed by atoms with Crippen LogP contribution in [0.15, 0.2) is 30.3 Å². The van der Waals surface area contributed by atoms with E-state index in [0.29, 0.717) is 6.04 Å². The van der Waals surface area contributed by atoms with Gasteiger partial charge in [0.15, 0.2) is 0 Å². The molecule has 0 N–H and O–H groups in total. The van der Waals surface area contributed by atoms with Gasteiger partial charge >= 0.3 is 0 Å². The molecule has 3 rings (SSSR count). The average Bonchev–Trinajstić information content (AvgIpc) is 2.90. The molecule has 15 heavy (non-hydrogen) atoms. The van der Waals surface area contributed by atoms with Gasteiger partial charge in [-0.15, -0.1) is 0 Å². The van der Waals surface area contributed by atoms with Crippen LogP contribution in [0.4, 0.5) is 0 Å². The molecule has 1 heterocycles. The molecule has 1 aliphatic heterocycles. The number of rotatable bonds is 2. The first-order valence-corrected chi connectivity index (χ1v) is 6.08. The van der Waals surface area contributed by atoms with Crippen molar-refractivity contribution < 1.29 is 0 Å².